The molecule has 70 valence electrons. The molecule has 1 heteroatoms. The quantitative estimate of drug-likeness (QED) is 0.501. The summed E-state index contributed by atoms with van der Waals surface area (Å²) in [6.07, 6.45) is 9.08. The van der Waals surface area contributed by atoms with Crippen LogP contribution in [0.1, 0.15) is 46.0 Å². The summed E-state index contributed by atoms with van der Waals surface area (Å²) < 4.78 is 0. The summed E-state index contributed by atoms with van der Waals surface area (Å²) >= 11 is 0. The lowest BCUT2D eigenvalue weighted by molar-refractivity contribution is 0.535. The first-order valence-corrected chi connectivity index (χ1v) is 5.24. The Balaban J connectivity index is 2.18. The normalized spacial score (nSPS) is 23.8. The van der Waals surface area contributed by atoms with Gasteiger partial charge in [-0.1, -0.05) is 31.4 Å². The van der Waals surface area contributed by atoms with Crippen LogP contribution >= 0.6 is 0 Å². The number of rotatable bonds is 4. The second-order valence-electron chi connectivity index (χ2n) is 3.83. The second kappa shape index (κ2) is 5.36. The molecule has 0 bridgehead atoms. The molecule has 12 heavy (non-hydrogen) atoms. The average molecular weight is 167 g/mol. The summed E-state index contributed by atoms with van der Waals surface area (Å²) in [6.45, 7) is 5.62. The van der Waals surface area contributed by atoms with Crippen molar-refractivity contribution in [3.63, 3.8) is 0 Å². The van der Waals surface area contributed by atoms with E-state index in [-0.39, 0.29) is 0 Å². The molecule has 1 nitrogen and oxygen atoms in total. The van der Waals surface area contributed by atoms with Crippen molar-refractivity contribution in [2.45, 2.75) is 52.0 Å². The molecule has 0 aliphatic carbocycles. The van der Waals surface area contributed by atoms with Crippen LogP contribution in [0.15, 0.2) is 11.6 Å². The fourth-order valence-corrected chi connectivity index (χ4v) is 1.76. The molecule has 1 rings (SSSR count). The summed E-state index contributed by atoms with van der Waals surface area (Å²) in [5.74, 6) is 0. The second-order valence-corrected chi connectivity index (χ2v) is 3.83. The van der Waals surface area contributed by atoms with Crippen molar-refractivity contribution in [3.05, 3.63) is 11.6 Å². The average Bonchev–Trinajstić information content (AvgIpc) is 2.05. The molecule has 0 spiro atoms. The lowest BCUT2D eigenvalue weighted by Gasteiger charge is -2.20. The van der Waals surface area contributed by atoms with E-state index in [1.54, 1.807) is 5.57 Å². The zero-order valence-electron chi connectivity index (χ0n) is 8.40. The van der Waals surface area contributed by atoms with E-state index < -0.39 is 0 Å². The first-order chi connectivity index (χ1) is 5.83. The third kappa shape index (κ3) is 3.40. The zero-order chi connectivity index (χ0) is 8.81. The first kappa shape index (κ1) is 9.79. The number of hydrogen-bond donors (Lipinski definition) is 1. The Kier molecular flexibility index (Phi) is 4.37. The lowest BCUT2D eigenvalue weighted by atomic mass is 9.98. The predicted molar refractivity (Wildman–Crippen MR) is 54.3 cm³/mol. The highest BCUT2D eigenvalue weighted by Crippen LogP contribution is 2.16. The molecule has 0 aromatic rings. The monoisotopic (exact) mass is 167 g/mol. The molecule has 1 unspecified atom stereocenters. The van der Waals surface area contributed by atoms with Crippen LogP contribution in [0.3, 0.4) is 0 Å². The van der Waals surface area contributed by atoms with Gasteiger partial charge in [0, 0.05) is 12.6 Å². The largest absolute Gasteiger partial charge is 0.310 e. The summed E-state index contributed by atoms with van der Waals surface area (Å²) in [6, 6.07) is 0.701. The maximum atomic E-state index is 3.43. The van der Waals surface area contributed by atoms with Crippen LogP contribution in [-0.2, 0) is 0 Å². The number of unbranched alkanes of at least 4 members (excludes halogenated alkanes) is 2. The highest BCUT2D eigenvalue weighted by Gasteiger charge is 2.08. The van der Waals surface area contributed by atoms with Crippen molar-refractivity contribution in [2.24, 2.45) is 0 Å². The summed E-state index contributed by atoms with van der Waals surface area (Å²) in [5, 5.41) is 3.43. The third-order valence-corrected chi connectivity index (χ3v) is 2.53. The fourth-order valence-electron chi connectivity index (χ4n) is 1.76. The summed E-state index contributed by atoms with van der Waals surface area (Å²) in [5.41, 5.74) is 1.68. The number of nitrogens with one attached hydrogen (secondary N) is 1. The van der Waals surface area contributed by atoms with Crippen molar-refractivity contribution >= 4 is 0 Å². The van der Waals surface area contributed by atoms with E-state index >= 15 is 0 Å². The molecule has 0 aromatic carbocycles. The highest BCUT2D eigenvalue weighted by molar-refractivity contribution is 5.08. The van der Waals surface area contributed by atoms with Gasteiger partial charge in [-0.2, -0.15) is 0 Å². The molecule has 0 fully saturated rings. The van der Waals surface area contributed by atoms with Gasteiger partial charge in [-0.25, -0.2) is 0 Å². The molecule has 1 N–H and O–H groups in total. The Morgan fingerprint density at radius 1 is 1.50 bits per heavy atom. The van der Waals surface area contributed by atoms with Gasteiger partial charge < -0.3 is 5.32 Å². The van der Waals surface area contributed by atoms with Gasteiger partial charge >= 0.3 is 0 Å². The van der Waals surface area contributed by atoms with Crippen LogP contribution in [0, 0.1) is 0 Å². The van der Waals surface area contributed by atoms with Gasteiger partial charge in [0.2, 0.25) is 0 Å². The van der Waals surface area contributed by atoms with E-state index in [1.165, 1.54) is 32.1 Å². The zero-order valence-corrected chi connectivity index (χ0v) is 8.40. The van der Waals surface area contributed by atoms with E-state index in [9.17, 15) is 0 Å². The van der Waals surface area contributed by atoms with Gasteiger partial charge in [0.05, 0.1) is 0 Å². The molecule has 0 saturated heterocycles. The van der Waals surface area contributed by atoms with E-state index in [0.29, 0.717) is 6.04 Å². The molecule has 0 aromatic heterocycles. The van der Waals surface area contributed by atoms with Gasteiger partial charge in [0.15, 0.2) is 0 Å². The van der Waals surface area contributed by atoms with Crippen molar-refractivity contribution in [1.82, 2.24) is 5.32 Å². The third-order valence-electron chi connectivity index (χ3n) is 2.53. The SMILES string of the molecule is CCCCCC1=CCNC(C)C1. The first-order valence-electron chi connectivity index (χ1n) is 5.24. The van der Waals surface area contributed by atoms with Crippen molar-refractivity contribution < 1.29 is 0 Å². The topological polar surface area (TPSA) is 12.0 Å². The molecule has 1 aliphatic heterocycles. The van der Waals surface area contributed by atoms with Gasteiger partial charge in [-0.05, 0) is 26.2 Å². The Hall–Kier alpha value is -0.300. The Morgan fingerprint density at radius 3 is 3.00 bits per heavy atom. The fraction of sp³-hybridized carbons (Fsp3) is 0.818. The van der Waals surface area contributed by atoms with Crippen LogP contribution in [-0.4, -0.2) is 12.6 Å². The minimum atomic E-state index is 0.701. The summed E-state index contributed by atoms with van der Waals surface area (Å²) in [4.78, 5) is 0. The minimum Gasteiger partial charge on any atom is -0.310 e. The van der Waals surface area contributed by atoms with Gasteiger partial charge in [0.25, 0.3) is 0 Å². The van der Waals surface area contributed by atoms with Gasteiger partial charge in [-0.3, -0.25) is 0 Å². The van der Waals surface area contributed by atoms with E-state index in [4.69, 9.17) is 0 Å². The molecule has 1 aliphatic rings. The maximum Gasteiger partial charge on any atom is 0.0140 e. The predicted octanol–water partition coefficient (Wildman–Crippen LogP) is 2.87. The summed E-state index contributed by atoms with van der Waals surface area (Å²) in [7, 11) is 0. The standard InChI is InChI=1S/C11H21N/c1-3-4-5-6-11-7-8-12-10(2)9-11/h7,10,12H,3-6,8-9H2,1-2H3. The number of hydrogen-bond acceptors (Lipinski definition) is 1. The highest BCUT2D eigenvalue weighted by atomic mass is 14.9. The van der Waals surface area contributed by atoms with Crippen LogP contribution in [0.5, 0.6) is 0 Å². The molecular formula is C11H21N. The van der Waals surface area contributed by atoms with Gasteiger partial charge in [-0.15, -0.1) is 0 Å². The van der Waals surface area contributed by atoms with Crippen molar-refractivity contribution in [2.75, 3.05) is 6.54 Å². The molecule has 0 saturated carbocycles. The molecule has 1 heterocycles. The lowest BCUT2D eigenvalue weighted by Crippen LogP contribution is -2.30. The van der Waals surface area contributed by atoms with Crippen LogP contribution in [0.2, 0.25) is 0 Å². The Bertz CT molecular complexity index is 149. The molecular weight excluding hydrogens is 146 g/mol. The van der Waals surface area contributed by atoms with Crippen molar-refractivity contribution in [3.8, 4) is 0 Å². The van der Waals surface area contributed by atoms with Gasteiger partial charge in [0.1, 0.15) is 0 Å². The van der Waals surface area contributed by atoms with Crippen LogP contribution in [0.4, 0.5) is 0 Å². The maximum absolute atomic E-state index is 3.43. The van der Waals surface area contributed by atoms with Crippen molar-refractivity contribution in [1.29, 1.82) is 0 Å². The van der Waals surface area contributed by atoms with Crippen LogP contribution in [0.25, 0.3) is 0 Å². The van der Waals surface area contributed by atoms with E-state index in [1.807, 2.05) is 0 Å². The van der Waals surface area contributed by atoms with E-state index in [0.717, 1.165) is 6.54 Å². The molecule has 1 atom stereocenters. The molecule has 0 radical (unpaired) electrons. The Labute approximate surface area is 76.2 Å². The smallest absolute Gasteiger partial charge is 0.0140 e. The van der Waals surface area contributed by atoms with Crippen LogP contribution < -0.4 is 5.32 Å². The minimum absolute atomic E-state index is 0.701. The Morgan fingerprint density at radius 2 is 2.33 bits per heavy atom. The molecule has 0 amide bonds. The van der Waals surface area contributed by atoms with E-state index in [2.05, 4.69) is 25.2 Å².